The highest BCUT2D eigenvalue weighted by atomic mass is 19.1. The molecule has 0 N–H and O–H groups in total. The number of nitrogens with zero attached hydrogens (tertiary/aromatic N) is 1. The molecule has 0 spiro atoms. The molecule has 2 fully saturated rings. The van der Waals surface area contributed by atoms with Gasteiger partial charge in [0, 0.05) is 0 Å². The van der Waals surface area contributed by atoms with E-state index in [0.29, 0.717) is 17.2 Å². The zero-order chi connectivity index (χ0) is 24.6. The summed E-state index contributed by atoms with van der Waals surface area (Å²) < 4.78 is 20.5. The van der Waals surface area contributed by atoms with E-state index in [-0.39, 0.29) is 17.3 Å². The van der Waals surface area contributed by atoms with Gasteiger partial charge >= 0.3 is 5.97 Å². The highest BCUT2D eigenvalue weighted by Crippen LogP contribution is 2.48. The van der Waals surface area contributed by atoms with E-state index < -0.39 is 5.97 Å². The third-order valence-corrected chi connectivity index (χ3v) is 8.31. The molecule has 3 nitrogen and oxygen atoms in total. The lowest BCUT2D eigenvalue weighted by atomic mass is 9.63. The Morgan fingerprint density at radius 1 is 0.971 bits per heavy atom. The van der Waals surface area contributed by atoms with Gasteiger partial charge in [0.05, 0.1) is 17.2 Å². The Bertz CT molecular complexity index is 1030. The van der Waals surface area contributed by atoms with Crippen molar-refractivity contribution >= 4 is 5.97 Å². The Kier molecular flexibility index (Phi) is 8.96. The van der Waals surface area contributed by atoms with Gasteiger partial charge in [-0.25, -0.2) is 9.18 Å². The van der Waals surface area contributed by atoms with Crippen LogP contribution in [0, 0.1) is 34.9 Å². The highest BCUT2D eigenvalue weighted by Gasteiger charge is 2.36. The Morgan fingerprint density at radius 2 is 1.71 bits per heavy atom. The van der Waals surface area contributed by atoms with Crippen LogP contribution < -0.4 is 4.74 Å². The number of esters is 1. The molecule has 0 heterocycles. The second-order valence-corrected chi connectivity index (χ2v) is 10.7. The quantitative estimate of drug-likeness (QED) is 0.207. The van der Waals surface area contributed by atoms with E-state index in [1.165, 1.54) is 70.3 Å². The van der Waals surface area contributed by atoms with Crippen molar-refractivity contribution in [1.82, 2.24) is 0 Å². The molecule has 186 valence electrons. The lowest BCUT2D eigenvalue weighted by molar-refractivity contribution is 0.0734. The van der Waals surface area contributed by atoms with Crippen LogP contribution in [0.1, 0.15) is 111 Å². The summed E-state index contributed by atoms with van der Waals surface area (Å²) in [5.41, 5.74) is 1.45. The first-order chi connectivity index (χ1) is 17.1. The standard InChI is InChI=1S/C31H38FNO2/c1-2-3-4-5-6-7-22-8-11-25-19-26(13-12-24(25)18-22)29-17-14-27(20-30(29)32)31(34)35-28-15-9-23(21-33)10-16-28/h9-10,14-17,20,22,24-26H,2-8,11-13,18-19H2,1H3/t22-,24-,25+,26?/m0/s1. The number of fused-ring (bicyclic) bond motifs is 1. The van der Waals surface area contributed by atoms with Crippen LogP contribution in [0.15, 0.2) is 42.5 Å². The van der Waals surface area contributed by atoms with Crippen LogP contribution in [0.4, 0.5) is 4.39 Å². The van der Waals surface area contributed by atoms with Crippen LogP contribution in [0.3, 0.4) is 0 Å². The molecule has 0 aliphatic heterocycles. The summed E-state index contributed by atoms with van der Waals surface area (Å²) in [6.07, 6.45) is 15.5. The van der Waals surface area contributed by atoms with Gasteiger partial charge in [0.15, 0.2) is 0 Å². The molecule has 0 saturated heterocycles. The lowest BCUT2D eigenvalue weighted by Crippen LogP contribution is -2.30. The molecule has 2 aromatic carbocycles. The van der Waals surface area contributed by atoms with Crippen molar-refractivity contribution in [3.05, 3.63) is 65.0 Å². The van der Waals surface area contributed by atoms with Gasteiger partial charge in [-0.3, -0.25) is 0 Å². The number of ether oxygens (including phenoxy) is 1. The SMILES string of the molecule is CCCCCCC[C@H]1CC[C@@H]2CC(c3ccc(C(=O)Oc4ccc(C#N)cc4)cc3F)CC[C@H]2C1. The summed E-state index contributed by atoms with van der Waals surface area (Å²) in [6, 6.07) is 13.1. The fourth-order valence-electron chi connectivity index (χ4n) is 6.32. The molecule has 2 saturated carbocycles. The van der Waals surface area contributed by atoms with Crippen molar-refractivity contribution in [2.24, 2.45) is 17.8 Å². The molecule has 2 aliphatic carbocycles. The van der Waals surface area contributed by atoms with Crippen molar-refractivity contribution in [1.29, 1.82) is 5.26 Å². The minimum absolute atomic E-state index is 0.212. The summed E-state index contributed by atoms with van der Waals surface area (Å²) in [5, 5.41) is 8.88. The molecule has 4 heteroatoms. The Hall–Kier alpha value is -2.67. The molecule has 4 rings (SSSR count). The number of benzene rings is 2. The minimum Gasteiger partial charge on any atom is -0.423 e. The molecule has 0 amide bonds. The summed E-state index contributed by atoms with van der Waals surface area (Å²) >= 11 is 0. The molecule has 2 aliphatic rings. The normalized spacial score (nSPS) is 23.8. The molecule has 4 atom stereocenters. The maximum absolute atomic E-state index is 15.1. The lowest BCUT2D eigenvalue weighted by Gasteiger charge is -2.42. The maximum Gasteiger partial charge on any atom is 0.343 e. The van der Waals surface area contributed by atoms with Crippen LogP contribution in [0.5, 0.6) is 5.75 Å². The first-order valence-corrected chi connectivity index (χ1v) is 13.6. The number of hydrogen-bond acceptors (Lipinski definition) is 3. The van der Waals surface area contributed by atoms with Crippen LogP contribution in [-0.2, 0) is 0 Å². The fraction of sp³-hybridized carbons (Fsp3) is 0.548. The van der Waals surface area contributed by atoms with Crippen LogP contribution >= 0.6 is 0 Å². The number of hydrogen-bond donors (Lipinski definition) is 0. The maximum atomic E-state index is 15.1. The average Bonchev–Trinajstić information content (AvgIpc) is 2.88. The second-order valence-electron chi connectivity index (χ2n) is 10.7. The third kappa shape index (κ3) is 6.72. The molecule has 1 unspecified atom stereocenters. The van der Waals surface area contributed by atoms with Gasteiger partial charge < -0.3 is 4.74 Å². The van der Waals surface area contributed by atoms with E-state index in [1.54, 1.807) is 36.4 Å². The van der Waals surface area contributed by atoms with Crippen LogP contribution in [-0.4, -0.2) is 5.97 Å². The summed E-state index contributed by atoms with van der Waals surface area (Å²) in [6.45, 7) is 2.27. The van der Waals surface area contributed by atoms with Crippen molar-refractivity contribution in [2.45, 2.75) is 89.9 Å². The van der Waals surface area contributed by atoms with Gasteiger partial charge in [-0.05, 0) is 97.7 Å². The number of halogens is 1. The fourth-order valence-corrected chi connectivity index (χ4v) is 6.32. The Labute approximate surface area is 209 Å². The number of carbonyl (C=O) groups excluding carboxylic acids is 1. The Morgan fingerprint density at radius 3 is 2.46 bits per heavy atom. The van der Waals surface area contributed by atoms with E-state index in [2.05, 4.69) is 6.92 Å². The second kappa shape index (κ2) is 12.3. The first kappa shape index (κ1) is 25.4. The van der Waals surface area contributed by atoms with E-state index in [0.717, 1.165) is 30.2 Å². The van der Waals surface area contributed by atoms with E-state index in [1.807, 2.05) is 6.07 Å². The van der Waals surface area contributed by atoms with Crippen molar-refractivity contribution in [3.63, 3.8) is 0 Å². The number of rotatable bonds is 9. The molecular weight excluding hydrogens is 437 g/mol. The third-order valence-electron chi connectivity index (χ3n) is 8.31. The van der Waals surface area contributed by atoms with E-state index in [4.69, 9.17) is 10.00 Å². The number of nitriles is 1. The summed E-state index contributed by atoms with van der Waals surface area (Å²) in [5.74, 6) is 2.11. The van der Waals surface area contributed by atoms with Gasteiger partial charge in [-0.15, -0.1) is 0 Å². The van der Waals surface area contributed by atoms with E-state index >= 15 is 4.39 Å². The molecular formula is C31H38FNO2. The monoisotopic (exact) mass is 475 g/mol. The molecule has 0 radical (unpaired) electrons. The van der Waals surface area contributed by atoms with Gasteiger partial charge in [-0.2, -0.15) is 5.26 Å². The minimum atomic E-state index is -0.586. The van der Waals surface area contributed by atoms with Crippen molar-refractivity contribution in [2.75, 3.05) is 0 Å². The largest absolute Gasteiger partial charge is 0.423 e. The van der Waals surface area contributed by atoms with Gasteiger partial charge in [0.25, 0.3) is 0 Å². The first-order valence-electron chi connectivity index (χ1n) is 13.6. The van der Waals surface area contributed by atoms with Gasteiger partial charge in [-0.1, -0.05) is 57.9 Å². The zero-order valence-electron chi connectivity index (χ0n) is 21.0. The Balaban J connectivity index is 1.29. The predicted octanol–water partition coefficient (Wildman–Crippen LogP) is 8.58. The predicted molar refractivity (Wildman–Crippen MR) is 137 cm³/mol. The number of unbranched alkanes of at least 4 members (excludes halogenated alkanes) is 4. The molecule has 0 aromatic heterocycles. The molecule has 35 heavy (non-hydrogen) atoms. The van der Waals surface area contributed by atoms with Crippen molar-refractivity contribution in [3.8, 4) is 11.8 Å². The van der Waals surface area contributed by atoms with Gasteiger partial charge in [0.1, 0.15) is 11.6 Å². The number of carbonyl (C=O) groups is 1. The summed E-state index contributed by atoms with van der Waals surface area (Å²) in [7, 11) is 0. The molecule has 2 aromatic rings. The highest BCUT2D eigenvalue weighted by molar-refractivity contribution is 5.91. The smallest absolute Gasteiger partial charge is 0.343 e. The average molecular weight is 476 g/mol. The van der Waals surface area contributed by atoms with Crippen LogP contribution in [0.2, 0.25) is 0 Å². The van der Waals surface area contributed by atoms with Crippen LogP contribution in [0.25, 0.3) is 0 Å². The topological polar surface area (TPSA) is 50.1 Å². The van der Waals surface area contributed by atoms with Crippen molar-refractivity contribution < 1.29 is 13.9 Å². The zero-order valence-corrected chi connectivity index (χ0v) is 21.0. The van der Waals surface area contributed by atoms with Gasteiger partial charge in [0.2, 0.25) is 0 Å². The van der Waals surface area contributed by atoms with E-state index in [9.17, 15) is 4.79 Å². The molecule has 0 bridgehead atoms. The summed E-state index contributed by atoms with van der Waals surface area (Å²) in [4.78, 5) is 12.5.